The molecular formula is C19H26N6O3S. The molecule has 9 nitrogen and oxygen atoms in total. The summed E-state index contributed by atoms with van der Waals surface area (Å²) in [7, 11) is 1.48. The van der Waals surface area contributed by atoms with Gasteiger partial charge in [0.1, 0.15) is 16.2 Å². The normalized spacial score (nSPS) is 12.8. The van der Waals surface area contributed by atoms with E-state index in [0.717, 1.165) is 17.4 Å². The van der Waals surface area contributed by atoms with Gasteiger partial charge in [0.05, 0.1) is 5.25 Å². The fourth-order valence-corrected chi connectivity index (χ4v) is 4.04. The van der Waals surface area contributed by atoms with Crippen LogP contribution in [0.1, 0.15) is 56.9 Å². The van der Waals surface area contributed by atoms with Crippen LogP contribution in [0.3, 0.4) is 0 Å². The van der Waals surface area contributed by atoms with Gasteiger partial charge in [-0.25, -0.2) is 14.8 Å². The summed E-state index contributed by atoms with van der Waals surface area (Å²) < 4.78 is 8.05. The molecule has 0 fully saturated rings. The van der Waals surface area contributed by atoms with Crippen LogP contribution >= 0.6 is 11.8 Å². The Labute approximate surface area is 172 Å². The quantitative estimate of drug-likeness (QED) is 0.425. The van der Waals surface area contributed by atoms with Crippen LogP contribution in [0.15, 0.2) is 19.1 Å². The zero-order valence-corrected chi connectivity index (χ0v) is 18.4. The highest BCUT2D eigenvalue weighted by Gasteiger charge is 2.22. The lowest BCUT2D eigenvalue weighted by atomic mass is 10.2. The molecular weight excluding hydrogens is 392 g/mol. The molecule has 3 aromatic heterocycles. The SMILES string of the molecule is CCCc1noc([C@@H](C)Sc2nc(C)nc3c2c(=O)n(C)c(=O)n3CC(C)C)n1. The van der Waals surface area contributed by atoms with Gasteiger partial charge in [-0.15, -0.1) is 0 Å². The van der Waals surface area contributed by atoms with Gasteiger partial charge in [0, 0.05) is 20.0 Å². The summed E-state index contributed by atoms with van der Waals surface area (Å²) in [4.78, 5) is 39.0. The van der Waals surface area contributed by atoms with Crippen molar-refractivity contribution in [3.05, 3.63) is 38.4 Å². The maximum atomic E-state index is 12.9. The standard InChI is InChI=1S/C19H26N6O3S/c1-7-8-13-22-16(28-23-13)11(4)29-17-14-15(20-12(5)21-17)25(9-10(2)3)19(27)24(6)18(14)26/h10-11H,7-9H2,1-6H3/t11-/m1/s1. The van der Waals surface area contributed by atoms with Gasteiger partial charge in [-0.3, -0.25) is 13.9 Å². The number of aromatic nitrogens is 6. The first-order chi connectivity index (χ1) is 13.7. The minimum absolute atomic E-state index is 0.208. The molecule has 0 unspecified atom stereocenters. The maximum absolute atomic E-state index is 12.9. The number of hydrogen-bond donors (Lipinski definition) is 0. The molecule has 1 atom stereocenters. The molecule has 0 amide bonds. The Morgan fingerprint density at radius 1 is 1.14 bits per heavy atom. The molecule has 29 heavy (non-hydrogen) atoms. The average Bonchev–Trinajstić information content (AvgIpc) is 3.12. The van der Waals surface area contributed by atoms with Crippen molar-refractivity contribution in [1.82, 2.24) is 29.2 Å². The highest BCUT2D eigenvalue weighted by molar-refractivity contribution is 7.99. The summed E-state index contributed by atoms with van der Waals surface area (Å²) in [6.07, 6.45) is 1.68. The van der Waals surface area contributed by atoms with Gasteiger partial charge in [0.15, 0.2) is 11.5 Å². The van der Waals surface area contributed by atoms with Gasteiger partial charge in [-0.1, -0.05) is 37.7 Å². The van der Waals surface area contributed by atoms with Crippen LogP contribution < -0.4 is 11.2 Å². The summed E-state index contributed by atoms with van der Waals surface area (Å²) in [5.74, 6) is 1.86. The fraction of sp³-hybridized carbons (Fsp3) is 0.579. The molecule has 0 aliphatic carbocycles. The van der Waals surface area contributed by atoms with E-state index in [1.165, 1.54) is 18.8 Å². The lowest BCUT2D eigenvalue weighted by molar-refractivity contribution is 0.374. The number of rotatable bonds is 7. The Balaban J connectivity index is 2.13. The van der Waals surface area contributed by atoms with Crippen molar-refractivity contribution in [1.29, 1.82) is 0 Å². The molecule has 3 heterocycles. The van der Waals surface area contributed by atoms with E-state index >= 15 is 0 Å². The predicted octanol–water partition coefficient (Wildman–Crippen LogP) is 2.64. The topological polar surface area (TPSA) is 109 Å². The van der Waals surface area contributed by atoms with E-state index in [1.54, 1.807) is 11.5 Å². The van der Waals surface area contributed by atoms with E-state index in [-0.39, 0.29) is 16.9 Å². The summed E-state index contributed by atoms with van der Waals surface area (Å²) >= 11 is 1.35. The third kappa shape index (κ3) is 4.26. The van der Waals surface area contributed by atoms with Crippen molar-refractivity contribution >= 4 is 22.8 Å². The molecule has 0 bridgehead atoms. The van der Waals surface area contributed by atoms with Crippen LogP contribution in [0.4, 0.5) is 0 Å². The third-order valence-corrected chi connectivity index (χ3v) is 5.48. The first-order valence-electron chi connectivity index (χ1n) is 9.70. The summed E-state index contributed by atoms with van der Waals surface area (Å²) in [5, 5.41) is 4.63. The van der Waals surface area contributed by atoms with Crippen LogP contribution in [0.25, 0.3) is 11.0 Å². The molecule has 10 heteroatoms. The minimum atomic E-state index is -0.406. The molecule has 0 spiro atoms. The highest BCUT2D eigenvalue weighted by Crippen LogP contribution is 2.35. The highest BCUT2D eigenvalue weighted by atomic mass is 32.2. The van der Waals surface area contributed by atoms with Gasteiger partial charge in [0.25, 0.3) is 5.56 Å². The van der Waals surface area contributed by atoms with Gasteiger partial charge in [-0.2, -0.15) is 4.98 Å². The van der Waals surface area contributed by atoms with Crippen molar-refractivity contribution in [2.45, 2.75) is 64.3 Å². The first-order valence-corrected chi connectivity index (χ1v) is 10.6. The van der Waals surface area contributed by atoms with Crippen molar-refractivity contribution in [2.24, 2.45) is 13.0 Å². The number of hydrogen-bond acceptors (Lipinski definition) is 8. The largest absolute Gasteiger partial charge is 0.338 e. The Kier molecular flexibility index (Phi) is 6.21. The zero-order chi connectivity index (χ0) is 21.3. The van der Waals surface area contributed by atoms with E-state index < -0.39 is 5.56 Å². The second kappa shape index (κ2) is 8.48. The maximum Gasteiger partial charge on any atom is 0.332 e. The van der Waals surface area contributed by atoms with Crippen LogP contribution in [-0.2, 0) is 20.0 Å². The smallest absolute Gasteiger partial charge is 0.332 e. The summed E-state index contributed by atoms with van der Waals surface area (Å²) in [6.45, 7) is 10.2. The lowest BCUT2D eigenvalue weighted by Crippen LogP contribution is -2.39. The van der Waals surface area contributed by atoms with Crippen LogP contribution in [0.2, 0.25) is 0 Å². The lowest BCUT2D eigenvalue weighted by Gasteiger charge is -2.15. The molecule has 3 rings (SSSR count). The van der Waals surface area contributed by atoms with Crippen LogP contribution in [0.5, 0.6) is 0 Å². The van der Waals surface area contributed by atoms with Crippen molar-refractivity contribution < 1.29 is 4.52 Å². The van der Waals surface area contributed by atoms with Gasteiger partial charge >= 0.3 is 5.69 Å². The molecule has 0 aliphatic heterocycles. The van der Waals surface area contributed by atoms with Crippen molar-refractivity contribution in [3.8, 4) is 0 Å². The molecule has 0 aliphatic rings. The van der Waals surface area contributed by atoms with E-state index in [4.69, 9.17) is 4.52 Å². The molecule has 156 valence electrons. The molecule has 0 radical (unpaired) electrons. The zero-order valence-electron chi connectivity index (χ0n) is 17.6. The first kappa shape index (κ1) is 21.2. The van der Waals surface area contributed by atoms with Gasteiger partial charge in [-0.05, 0) is 26.2 Å². The Morgan fingerprint density at radius 2 is 1.86 bits per heavy atom. The molecule has 0 aromatic carbocycles. The van der Waals surface area contributed by atoms with Crippen molar-refractivity contribution in [2.75, 3.05) is 0 Å². The summed E-state index contributed by atoms with van der Waals surface area (Å²) in [6, 6.07) is 0. The van der Waals surface area contributed by atoms with E-state index in [1.807, 2.05) is 20.8 Å². The van der Waals surface area contributed by atoms with Gasteiger partial charge in [0.2, 0.25) is 5.89 Å². The predicted molar refractivity (Wildman–Crippen MR) is 111 cm³/mol. The Morgan fingerprint density at radius 3 is 2.52 bits per heavy atom. The third-order valence-electron chi connectivity index (χ3n) is 4.40. The van der Waals surface area contributed by atoms with E-state index in [2.05, 4.69) is 27.0 Å². The second-order valence-electron chi connectivity index (χ2n) is 7.48. The Bertz CT molecular complexity index is 1150. The number of fused-ring (bicyclic) bond motifs is 1. The molecule has 0 N–H and O–H groups in total. The van der Waals surface area contributed by atoms with Crippen LogP contribution in [0, 0.1) is 12.8 Å². The fourth-order valence-electron chi connectivity index (χ4n) is 3.03. The number of nitrogens with zero attached hydrogens (tertiary/aromatic N) is 6. The van der Waals surface area contributed by atoms with Crippen molar-refractivity contribution in [3.63, 3.8) is 0 Å². The molecule has 0 saturated carbocycles. The van der Waals surface area contributed by atoms with Crippen LogP contribution in [-0.4, -0.2) is 29.2 Å². The Hall–Kier alpha value is -2.49. The minimum Gasteiger partial charge on any atom is -0.338 e. The number of thioether (sulfide) groups is 1. The van der Waals surface area contributed by atoms with E-state index in [9.17, 15) is 9.59 Å². The van der Waals surface area contributed by atoms with E-state index in [0.29, 0.717) is 40.1 Å². The second-order valence-corrected chi connectivity index (χ2v) is 8.81. The monoisotopic (exact) mass is 418 g/mol. The molecule has 3 aromatic rings. The molecule has 0 saturated heterocycles. The van der Waals surface area contributed by atoms with Gasteiger partial charge < -0.3 is 4.52 Å². The summed E-state index contributed by atoms with van der Waals surface area (Å²) in [5.41, 5.74) is -0.414. The average molecular weight is 419 g/mol. The number of aryl methyl sites for hydroxylation is 2.